The second kappa shape index (κ2) is 11.9. The van der Waals surface area contributed by atoms with Crippen molar-refractivity contribution in [3.8, 4) is 11.8 Å². The number of nitriles is 1. The van der Waals surface area contributed by atoms with E-state index < -0.39 is 5.60 Å². The summed E-state index contributed by atoms with van der Waals surface area (Å²) in [6.07, 6.45) is 3.93. The first-order valence-electron chi connectivity index (χ1n) is 14.3. The molecule has 0 atom stereocenters. The number of halogens is 1. The van der Waals surface area contributed by atoms with Crippen molar-refractivity contribution in [2.24, 2.45) is 10.8 Å². The van der Waals surface area contributed by atoms with Gasteiger partial charge in [0.15, 0.2) is 5.69 Å². The monoisotopic (exact) mass is 593 g/mol. The van der Waals surface area contributed by atoms with Crippen LogP contribution in [0, 0.1) is 22.2 Å². The first-order valence-corrected chi connectivity index (χ1v) is 14.7. The Kier molecular flexibility index (Phi) is 8.89. The molecule has 0 radical (unpaired) electrons. The molecule has 1 aromatic carbocycles. The molecule has 1 aliphatic carbocycles. The van der Waals surface area contributed by atoms with Gasteiger partial charge in [-0.2, -0.15) is 10.4 Å². The van der Waals surface area contributed by atoms with Crippen molar-refractivity contribution >= 4 is 29.7 Å². The first kappa shape index (κ1) is 31.3. The smallest absolute Gasteiger partial charge is 0.410 e. The van der Waals surface area contributed by atoms with Gasteiger partial charge in [0.2, 0.25) is 0 Å². The molecule has 0 bridgehead atoms. The second-order valence-electron chi connectivity index (χ2n) is 13.3. The minimum atomic E-state index is -0.522. The van der Waals surface area contributed by atoms with Crippen LogP contribution in [0.5, 0.6) is 5.75 Å². The van der Waals surface area contributed by atoms with Crippen molar-refractivity contribution in [1.29, 1.82) is 5.26 Å². The van der Waals surface area contributed by atoms with Crippen LogP contribution in [0.25, 0.3) is 6.08 Å². The minimum Gasteiger partial charge on any atom is -0.489 e. The molecule has 2 fully saturated rings. The molecule has 4 rings (SSSR count). The Labute approximate surface area is 253 Å². The molecule has 1 N–H and O–H groups in total. The van der Waals surface area contributed by atoms with Gasteiger partial charge >= 0.3 is 6.09 Å². The van der Waals surface area contributed by atoms with Gasteiger partial charge in [0.05, 0.1) is 16.3 Å². The normalized spacial score (nSPS) is 22.4. The molecule has 2 aliphatic rings. The summed E-state index contributed by atoms with van der Waals surface area (Å²) in [7, 11) is 0. The summed E-state index contributed by atoms with van der Waals surface area (Å²) in [6.45, 7) is 15.0. The lowest BCUT2D eigenvalue weighted by molar-refractivity contribution is -0.164. The summed E-state index contributed by atoms with van der Waals surface area (Å²) in [5, 5.41) is 21.1. The van der Waals surface area contributed by atoms with E-state index in [1.165, 1.54) is 5.57 Å². The van der Waals surface area contributed by atoms with Crippen LogP contribution in [0.2, 0.25) is 5.02 Å². The third-order valence-electron chi connectivity index (χ3n) is 7.98. The number of aromatic nitrogens is 2. The zero-order chi connectivity index (χ0) is 30.9. The maximum Gasteiger partial charge on any atom is 0.410 e. The average molecular weight is 594 g/mol. The van der Waals surface area contributed by atoms with E-state index in [1.54, 1.807) is 35.2 Å². The number of amides is 2. The molecule has 2 aromatic rings. The van der Waals surface area contributed by atoms with E-state index in [9.17, 15) is 9.59 Å². The van der Waals surface area contributed by atoms with Crippen LogP contribution in [0.15, 0.2) is 35.9 Å². The number of ether oxygens (including phenoxy) is 2. The quantitative estimate of drug-likeness (QED) is 0.425. The molecule has 0 unspecified atom stereocenters. The molecule has 1 aromatic heterocycles. The number of hydrogen-bond acceptors (Lipinski definition) is 7. The zero-order valence-corrected chi connectivity index (χ0v) is 26.2. The predicted octanol–water partition coefficient (Wildman–Crippen LogP) is 6.42. The molecule has 2 heterocycles. The van der Waals surface area contributed by atoms with Crippen LogP contribution >= 0.6 is 11.6 Å². The summed E-state index contributed by atoms with van der Waals surface area (Å²) in [5.74, 6) is 0.284. The fraction of sp³-hybridized carbons (Fsp3) is 0.531. The van der Waals surface area contributed by atoms with E-state index in [0.29, 0.717) is 35.1 Å². The summed E-state index contributed by atoms with van der Waals surface area (Å²) in [6, 6.07) is 10.4. The largest absolute Gasteiger partial charge is 0.489 e. The van der Waals surface area contributed by atoms with E-state index in [-0.39, 0.29) is 40.7 Å². The van der Waals surface area contributed by atoms with Crippen LogP contribution in [-0.4, -0.2) is 57.9 Å². The molecule has 0 spiro atoms. The van der Waals surface area contributed by atoms with E-state index >= 15 is 0 Å². The Morgan fingerprint density at radius 2 is 1.81 bits per heavy atom. The summed E-state index contributed by atoms with van der Waals surface area (Å²) < 4.78 is 11.8. The average Bonchev–Trinajstić information content (AvgIpc) is 3.15. The highest BCUT2D eigenvalue weighted by atomic mass is 35.5. The lowest BCUT2D eigenvalue weighted by Gasteiger charge is -2.63. The molecule has 1 saturated heterocycles. The van der Waals surface area contributed by atoms with Gasteiger partial charge in [-0.15, -0.1) is 5.10 Å². The number of carbonyl (C=O) groups is 2. The third-order valence-corrected chi connectivity index (χ3v) is 8.29. The zero-order valence-electron chi connectivity index (χ0n) is 25.5. The maximum absolute atomic E-state index is 13.2. The predicted molar refractivity (Wildman–Crippen MR) is 161 cm³/mol. The number of nitrogens with zero attached hydrogens (tertiary/aromatic N) is 4. The van der Waals surface area contributed by atoms with Gasteiger partial charge < -0.3 is 19.7 Å². The lowest BCUT2D eigenvalue weighted by atomic mass is 9.49. The van der Waals surface area contributed by atoms with Crippen molar-refractivity contribution in [1.82, 2.24) is 20.4 Å². The van der Waals surface area contributed by atoms with Crippen molar-refractivity contribution in [3.05, 3.63) is 57.9 Å². The fourth-order valence-corrected chi connectivity index (χ4v) is 6.43. The lowest BCUT2D eigenvalue weighted by Crippen LogP contribution is -2.74. The Morgan fingerprint density at radius 1 is 1.10 bits per heavy atom. The topological polar surface area (TPSA) is 117 Å². The van der Waals surface area contributed by atoms with Gasteiger partial charge in [-0.25, -0.2) is 4.79 Å². The standard InChI is InChI=1S/C32H40ClN5O4/c1-30(2,3)42-29(40)38-15-8-9-20(14-16-38)17-22-11-13-25(37-36-22)26(39)35-27-31(4,5)28(32(27,6)7)41-23-12-10-21(19-34)24(33)18-23/h10-13,17-18,27-28H,8-9,14-16H2,1-7H3,(H,35,39)/b20-17-/t27-,28-. The van der Waals surface area contributed by atoms with Gasteiger partial charge in [-0.05, 0) is 70.4 Å². The third kappa shape index (κ3) is 6.87. The van der Waals surface area contributed by atoms with Crippen LogP contribution in [0.1, 0.15) is 89.5 Å². The number of likely N-dealkylation sites (tertiary alicyclic amines) is 1. The van der Waals surface area contributed by atoms with Crippen LogP contribution < -0.4 is 10.1 Å². The van der Waals surface area contributed by atoms with E-state index in [1.807, 2.05) is 26.8 Å². The molecular formula is C32H40ClN5O4. The van der Waals surface area contributed by atoms with Gasteiger partial charge in [0.25, 0.3) is 5.91 Å². The SMILES string of the molecule is CC(C)(C)OC(=O)N1CCC/C(=C/c2ccc(C(=O)N[C@H]3C(C)(C)[C@H](Oc4ccc(C#N)c(Cl)c4)C3(C)C)nn2)CC1. The second-order valence-corrected chi connectivity index (χ2v) is 13.7. The summed E-state index contributed by atoms with van der Waals surface area (Å²) in [5.41, 5.74) is 1.19. The molecule has 224 valence electrons. The number of hydrogen-bond donors (Lipinski definition) is 1. The van der Waals surface area contributed by atoms with Crippen molar-refractivity contribution in [2.45, 2.75) is 85.5 Å². The Morgan fingerprint density at radius 3 is 2.40 bits per heavy atom. The highest BCUT2D eigenvalue weighted by molar-refractivity contribution is 6.31. The molecule has 1 saturated carbocycles. The van der Waals surface area contributed by atoms with Crippen molar-refractivity contribution < 1.29 is 19.1 Å². The van der Waals surface area contributed by atoms with E-state index in [2.05, 4.69) is 49.3 Å². The van der Waals surface area contributed by atoms with E-state index in [0.717, 1.165) is 19.3 Å². The van der Waals surface area contributed by atoms with Crippen LogP contribution in [0.4, 0.5) is 4.79 Å². The molecule has 1 aliphatic heterocycles. The molecule has 9 nitrogen and oxygen atoms in total. The van der Waals surface area contributed by atoms with E-state index in [4.69, 9.17) is 26.3 Å². The Hall–Kier alpha value is -3.64. The maximum atomic E-state index is 13.2. The van der Waals surface area contributed by atoms with Crippen LogP contribution in [-0.2, 0) is 4.74 Å². The summed E-state index contributed by atoms with van der Waals surface area (Å²) in [4.78, 5) is 27.4. The van der Waals surface area contributed by atoms with Gasteiger partial charge in [-0.3, -0.25) is 4.79 Å². The molecular weight excluding hydrogens is 554 g/mol. The van der Waals surface area contributed by atoms with Crippen molar-refractivity contribution in [2.75, 3.05) is 13.1 Å². The number of carbonyl (C=O) groups excluding carboxylic acids is 2. The Balaban J connectivity index is 1.36. The summed E-state index contributed by atoms with van der Waals surface area (Å²) >= 11 is 6.20. The fourth-order valence-electron chi connectivity index (χ4n) is 6.22. The highest BCUT2D eigenvalue weighted by Crippen LogP contribution is 2.55. The van der Waals surface area contributed by atoms with Crippen LogP contribution in [0.3, 0.4) is 0 Å². The van der Waals surface area contributed by atoms with Gasteiger partial charge in [0, 0.05) is 36.0 Å². The Bertz CT molecular complexity index is 1390. The highest BCUT2D eigenvalue weighted by Gasteiger charge is 2.64. The first-order chi connectivity index (χ1) is 19.6. The van der Waals surface area contributed by atoms with Crippen molar-refractivity contribution in [3.63, 3.8) is 0 Å². The van der Waals surface area contributed by atoms with Gasteiger partial charge in [-0.1, -0.05) is 44.9 Å². The number of rotatable bonds is 5. The molecule has 42 heavy (non-hydrogen) atoms. The number of nitrogens with one attached hydrogen (secondary N) is 1. The number of benzene rings is 1. The molecule has 10 heteroatoms. The minimum absolute atomic E-state index is 0.182. The molecule has 2 amide bonds. The van der Waals surface area contributed by atoms with Gasteiger partial charge in [0.1, 0.15) is 23.5 Å².